The van der Waals surface area contributed by atoms with Crippen LogP contribution in [0.1, 0.15) is 10.4 Å². The van der Waals surface area contributed by atoms with Crippen molar-refractivity contribution in [2.45, 2.75) is 0 Å². The van der Waals surface area contributed by atoms with E-state index in [0.29, 0.717) is 16.3 Å². The zero-order valence-electron chi connectivity index (χ0n) is 7.29. The highest BCUT2D eigenvalue weighted by molar-refractivity contribution is 6.33. The molecule has 3 nitrogen and oxygen atoms in total. The van der Waals surface area contributed by atoms with Crippen molar-refractivity contribution < 1.29 is 9.53 Å². The quantitative estimate of drug-likeness (QED) is 0.458. The van der Waals surface area contributed by atoms with Crippen molar-refractivity contribution in [3.8, 4) is 12.3 Å². The minimum atomic E-state index is -0.508. The number of carbonyl (C=O) groups is 1. The van der Waals surface area contributed by atoms with Gasteiger partial charge in [0, 0.05) is 0 Å². The molecule has 0 unspecified atom stereocenters. The number of nitrogen functional groups attached to an aromatic ring is 1. The van der Waals surface area contributed by atoms with E-state index in [1.54, 1.807) is 0 Å². The largest absolute Gasteiger partial charge is 0.449 e. The predicted molar refractivity (Wildman–Crippen MR) is 55.0 cm³/mol. The number of benzene rings is 1. The number of hydrogen-bond acceptors (Lipinski definition) is 3. The van der Waals surface area contributed by atoms with Crippen LogP contribution in [0.25, 0.3) is 0 Å². The molecule has 0 amide bonds. The molecule has 0 atom stereocenters. The lowest BCUT2D eigenvalue weighted by molar-refractivity contribution is 0.0557. The number of carbonyl (C=O) groups excluding carboxylic acids is 1. The maximum atomic E-state index is 11.3. The molecule has 0 spiro atoms. The van der Waals surface area contributed by atoms with E-state index in [2.05, 4.69) is 5.92 Å². The fourth-order valence-corrected chi connectivity index (χ4v) is 0.979. The Balaban J connectivity index is 2.82. The third-order valence-electron chi connectivity index (χ3n) is 1.52. The number of anilines is 1. The zero-order valence-corrected chi connectivity index (χ0v) is 8.04. The molecule has 0 aliphatic rings. The number of esters is 1. The van der Waals surface area contributed by atoms with Crippen LogP contribution >= 0.6 is 11.6 Å². The SMILES string of the molecule is C#CCOC(=O)c1ccc(Cl)c(N)c1. The highest BCUT2D eigenvalue weighted by Gasteiger charge is 2.07. The zero-order chi connectivity index (χ0) is 10.6. The van der Waals surface area contributed by atoms with Gasteiger partial charge in [0.15, 0.2) is 6.61 Å². The molecular weight excluding hydrogens is 202 g/mol. The molecule has 0 heterocycles. The summed E-state index contributed by atoms with van der Waals surface area (Å²) >= 11 is 5.68. The van der Waals surface area contributed by atoms with Gasteiger partial charge in [-0.05, 0) is 18.2 Å². The van der Waals surface area contributed by atoms with Crippen LogP contribution in [0.3, 0.4) is 0 Å². The summed E-state index contributed by atoms with van der Waals surface area (Å²) in [5.74, 6) is 1.69. The number of terminal acetylenes is 1. The topological polar surface area (TPSA) is 52.3 Å². The molecule has 0 aliphatic heterocycles. The van der Waals surface area contributed by atoms with Crippen molar-refractivity contribution in [1.82, 2.24) is 0 Å². The van der Waals surface area contributed by atoms with Crippen LogP contribution in [0.15, 0.2) is 18.2 Å². The van der Waals surface area contributed by atoms with Gasteiger partial charge in [0.05, 0.1) is 16.3 Å². The van der Waals surface area contributed by atoms with Gasteiger partial charge in [0.25, 0.3) is 0 Å². The van der Waals surface area contributed by atoms with Gasteiger partial charge in [-0.3, -0.25) is 0 Å². The number of halogens is 1. The van der Waals surface area contributed by atoms with Crippen LogP contribution in [-0.4, -0.2) is 12.6 Å². The summed E-state index contributed by atoms with van der Waals surface area (Å²) in [5.41, 5.74) is 6.18. The molecule has 1 rings (SSSR count). The lowest BCUT2D eigenvalue weighted by Gasteiger charge is -2.02. The number of rotatable bonds is 2. The van der Waals surface area contributed by atoms with E-state index in [-0.39, 0.29) is 6.61 Å². The van der Waals surface area contributed by atoms with E-state index in [4.69, 9.17) is 28.5 Å². The first-order valence-electron chi connectivity index (χ1n) is 3.80. The van der Waals surface area contributed by atoms with Crippen LogP contribution < -0.4 is 5.73 Å². The predicted octanol–water partition coefficient (Wildman–Crippen LogP) is 1.71. The second-order valence-corrected chi connectivity index (χ2v) is 2.92. The van der Waals surface area contributed by atoms with Crippen LogP contribution in [-0.2, 0) is 4.74 Å². The van der Waals surface area contributed by atoms with Gasteiger partial charge < -0.3 is 10.5 Å². The first-order chi connectivity index (χ1) is 6.65. The van der Waals surface area contributed by atoms with E-state index < -0.39 is 5.97 Å². The summed E-state index contributed by atoms with van der Waals surface area (Å²) in [6, 6.07) is 4.50. The minimum absolute atomic E-state index is 0.0542. The van der Waals surface area contributed by atoms with E-state index in [0.717, 1.165) is 0 Å². The van der Waals surface area contributed by atoms with Gasteiger partial charge in [-0.1, -0.05) is 17.5 Å². The molecule has 0 fully saturated rings. The second kappa shape index (κ2) is 4.54. The van der Waals surface area contributed by atoms with Gasteiger partial charge in [-0.15, -0.1) is 6.42 Å². The van der Waals surface area contributed by atoms with Gasteiger partial charge in [0.1, 0.15) is 0 Å². The minimum Gasteiger partial charge on any atom is -0.449 e. The number of ether oxygens (including phenoxy) is 1. The Morgan fingerprint density at radius 2 is 2.36 bits per heavy atom. The highest BCUT2D eigenvalue weighted by Crippen LogP contribution is 2.19. The molecule has 1 aromatic rings. The summed E-state index contributed by atoms with van der Waals surface area (Å²) < 4.78 is 4.70. The Morgan fingerprint density at radius 1 is 1.64 bits per heavy atom. The van der Waals surface area contributed by atoms with Gasteiger partial charge in [-0.2, -0.15) is 0 Å². The first kappa shape index (κ1) is 10.4. The van der Waals surface area contributed by atoms with Crippen molar-refractivity contribution >= 4 is 23.3 Å². The van der Waals surface area contributed by atoms with Gasteiger partial charge in [0.2, 0.25) is 0 Å². The van der Waals surface area contributed by atoms with Gasteiger partial charge >= 0.3 is 5.97 Å². The fourth-order valence-electron chi connectivity index (χ4n) is 0.861. The summed E-state index contributed by atoms with van der Waals surface area (Å²) in [5, 5.41) is 0.401. The molecule has 2 N–H and O–H groups in total. The maximum absolute atomic E-state index is 11.3. The van der Waals surface area contributed by atoms with Crippen LogP contribution in [0.2, 0.25) is 5.02 Å². The second-order valence-electron chi connectivity index (χ2n) is 2.52. The van der Waals surface area contributed by atoms with Crippen molar-refractivity contribution in [3.63, 3.8) is 0 Å². The van der Waals surface area contributed by atoms with Crippen LogP contribution in [0.5, 0.6) is 0 Å². The lowest BCUT2D eigenvalue weighted by atomic mass is 10.2. The average molecular weight is 210 g/mol. The Labute approximate surface area is 86.8 Å². The fraction of sp³-hybridized carbons (Fsp3) is 0.100. The lowest BCUT2D eigenvalue weighted by Crippen LogP contribution is -2.05. The van der Waals surface area contributed by atoms with E-state index in [1.807, 2.05) is 0 Å². The third-order valence-corrected chi connectivity index (χ3v) is 1.86. The van der Waals surface area contributed by atoms with E-state index in [9.17, 15) is 4.79 Å². The number of hydrogen-bond donors (Lipinski definition) is 1. The molecule has 1 aromatic carbocycles. The smallest absolute Gasteiger partial charge is 0.339 e. The number of nitrogens with two attached hydrogens (primary N) is 1. The summed E-state index contributed by atoms with van der Waals surface area (Å²) in [6.45, 7) is -0.0542. The molecule has 0 saturated heterocycles. The maximum Gasteiger partial charge on any atom is 0.339 e. The van der Waals surface area contributed by atoms with Crippen molar-refractivity contribution in [1.29, 1.82) is 0 Å². The Bertz CT molecular complexity index is 396. The molecular formula is C10H8ClNO2. The van der Waals surface area contributed by atoms with Gasteiger partial charge in [-0.25, -0.2) is 4.79 Å². The van der Waals surface area contributed by atoms with Crippen LogP contribution in [0, 0.1) is 12.3 Å². The molecule has 14 heavy (non-hydrogen) atoms. The van der Waals surface area contributed by atoms with Crippen molar-refractivity contribution in [2.24, 2.45) is 0 Å². The highest BCUT2D eigenvalue weighted by atomic mass is 35.5. The van der Waals surface area contributed by atoms with Crippen molar-refractivity contribution in [3.05, 3.63) is 28.8 Å². The molecule has 0 aromatic heterocycles. The summed E-state index contributed by atoms with van der Waals surface area (Å²) in [6.07, 6.45) is 4.94. The van der Waals surface area contributed by atoms with E-state index in [1.165, 1.54) is 18.2 Å². The third kappa shape index (κ3) is 2.41. The standard InChI is InChI=1S/C10H8ClNO2/c1-2-5-14-10(13)7-3-4-8(11)9(12)6-7/h1,3-4,6H,5,12H2. The molecule has 0 aliphatic carbocycles. The normalized spacial score (nSPS) is 9.14. The Kier molecular flexibility index (Phi) is 3.38. The molecule has 0 bridgehead atoms. The molecule has 0 saturated carbocycles. The molecule has 72 valence electrons. The molecule has 0 radical (unpaired) electrons. The summed E-state index contributed by atoms with van der Waals surface area (Å²) in [7, 11) is 0. The van der Waals surface area contributed by atoms with Crippen molar-refractivity contribution in [2.75, 3.05) is 12.3 Å². The molecule has 4 heteroatoms. The summed E-state index contributed by atoms with van der Waals surface area (Å²) in [4.78, 5) is 11.3. The monoisotopic (exact) mass is 209 g/mol. The van der Waals surface area contributed by atoms with E-state index >= 15 is 0 Å². The average Bonchev–Trinajstić information content (AvgIpc) is 2.18. The van der Waals surface area contributed by atoms with Crippen LogP contribution in [0.4, 0.5) is 5.69 Å². The Hall–Kier alpha value is -1.66. The Morgan fingerprint density at radius 3 is 2.93 bits per heavy atom. The first-order valence-corrected chi connectivity index (χ1v) is 4.18.